The molecule has 196 valence electrons. The number of rotatable bonds is 15. The number of thiol groups is 1. The fraction of sp³-hybridized carbons (Fsp3) is 0.615. The van der Waals surface area contributed by atoms with Gasteiger partial charge in [0, 0.05) is 31.3 Å². The molecule has 35 heavy (non-hydrogen) atoms. The molecule has 1 aromatic rings. The van der Waals surface area contributed by atoms with E-state index in [0.717, 1.165) is 17.9 Å². The van der Waals surface area contributed by atoms with E-state index < -0.39 is 18.1 Å². The van der Waals surface area contributed by atoms with Gasteiger partial charge in [-0.2, -0.15) is 24.4 Å². The molecule has 1 aromatic carbocycles. The van der Waals surface area contributed by atoms with E-state index in [0.29, 0.717) is 31.7 Å². The Bertz CT molecular complexity index is 806. The molecule has 1 aliphatic heterocycles. The maximum atomic E-state index is 13.3. The molecule has 7 nitrogen and oxygen atoms in total. The van der Waals surface area contributed by atoms with Gasteiger partial charge >= 0.3 is 5.97 Å². The minimum Gasteiger partial charge on any atom is -0.489 e. The van der Waals surface area contributed by atoms with E-state index in [4.69, 9.17) is 15.2 Å². The second kappa shape index (κ2) is 16.1. The van der Waals surface area contributed by atoms with Crippen molar-refractivity contribution in [2.45, 2.75) is 63.3 Å². The Kier molecular flexibility index (Phi) is 13.6. The van der Waals surface area contributed by atoms with Crippen molar-refractivity contribution in [3.05, 3.63) is 42.0 Å². The number of methoxy groups -OCH3 is 1. The van der Waals surface area contributed by atoms with Crippen LogP contribution in [0.3, 0.4) is 0 Å². The highest BCUT2D eigenvalue weighted by Crippen LogP contribution is 2.24. The van der Waals surface area contributed by atoms with E-state index >= 15 is 0 Å². The van der Waals surface area contributed by atoms with Crippen molar-refractivity contribution in [1.29, 1.82) is 0 Å². The van der Waals surface area contributed by atoms with Crippen molar-refractivity contribution in [1.82, 2.24) is 10.2 Å². The predicted molar refractivity (Wildman–Crippen MR) is 147 cm³/mol. The summed E-state index contributed by atoms with van der Waals surface area (Å²) in [6, 6.07) is 7.01. The lowest BCUT2D eigenvalue weighted by Crippen LogP contribution is -2.50. The van der Waals surface area contributed by atoms with Gasteiger partial charge in [-0.3, -0.25) is 9.69 Å². The van der Waals surface area contributed by atoms with Crippen LogP contribution in [0.5, 0.6) is 5.75 Å². The fourth-order valence-corrected chi connectivity index (χ4v) is 4.65. The van der Waals surface area contributed by atoms with Gasteiger partial charge in [-0.05, 0) is 49.0 Å². The van der Waals surface area contributed by atoms with Gasteiger partial charge < -0.3 is 20.5 Å². The number of aryl methyl sites for hydroxylation is 1. The first-order valence-electron chi connectivity index (χ1n) is 12.3. The Labute approximate surface area is 220 Å². The average molecular weight is 524 g/mol. The summed E-state index contributed by atoms with van der Waals surface area (Å²) in [6.07, 6.45) is 10.2. The van der Waals surface area contributed by atoms with E-state index in [1.807, 2.05) is 30.5 Å². The first-order valence-corrected chi connectivity index (χ1v) is 14.3. The number of likely N-dealkylation sites (tertiary alicyclic amines) is 1. The summed E-state index contributed by atoms with van der Waals surface area (Å²) < 4.78 is 11.2. The maximum Gasteiger partial charge on any atom is 0.328 e. The van der Waals surface area contributed by atoms with Crippen LogP contribution in [0.25, 0.3) is 0 Å². The molecule has 0 aliphatic carbocycles. The second-order valence-electron chi connectivity index (χ2n) is 8.83. The number of benzene rings is 1. The summed E-state index contributed by atoms with van der Waals surface area (Å²) in [5, 5.41) is 2.91. The van der Waals surface area contributed by atoms with Gasteiger partial charge in [0.25, 0.3) is 0 Å². The molecule has 0 aromatic heterocycles. The first-order chi connectivity index (χ1) is 16.9. The zero-order valence-electron chi connectivity index (χ0n) is 21.2. The topological polar surface area (TPSA) is 93.9 Å². The van der Waals surface area contributed by atoms with Crippen LogP contribution < -0.4 is 15.8 Å². The zero-order chi connectivity index (χ0) is 25.6. The number of carbonyl (C=O) groups excluding carboxylic acids is 2. The third-order valence-corrected chi connectivity index (χ3v) is 7.13. The monoisotopic (exact) mass is 523 g/mol. The number of esters is 1. The molecule has 1 amide bonds. The van der Waals surface area contributed by atoms with Crippen molar-refractivity contribution in [3.8, 4) is 5.75 Å². The number of amides is 1. The molecule has 1 fully saturated rings. The first kappa shape index (κ1) is 29.5. The minimum atomic E-state index is -0.661. The van der Waals surface area contributed by atoms with Crippen LogP contribution >= 0.6 is 24.4 Å². The number of nitrogens with one attached hydrogen (secondary N) is 1. The Morgan fingerprint density at radius 3 is 2.71 bits per heavy atom. The molecule has 1 aliphatic rings. The molecule has 0 radical (unpaired) electrons. The van der Waals surface area contributed by atoms with Crippen LogP contribution in [-0.4, -0.2) is 79.0 Å². The largest absolute Gasteiger partial charge is 0.489 e. The summed E-state index contributed by atoms with van der Waals surface area (Å²) in [5.41, 5.74) is 7.25. The van der Waals surface area contributed by atoms with Gasteiger partial charge in [-0.15, -0.1) is 0 Å². The molecule has 0 bridgehead atoms. The molecule has 9 heteroatoms. The Morgan fingerprint density at radius 1 is 1.34 bits per heavy atom. The van der Waals surface area contributed by atoms with E-state index in [2.05, 4.69) is 41.9 Å². The Hall–Kier alpha value is -1.68. The van der Waals surface area contributed by atoms with Crippen LogP contribution in [0, 0.1) is 0 Å². The zero-order valence-corrected chi connectivity index (χ0v) is 22.9. The summed E-state index contributed by atoms with van der Waals surface area (Å²) in [7, 11) is 1.34. The average Bonchev–Trinajstić information content (AvgIpc) is 3.27. The van der Waals surface area contributed by atoms with Crippen LogP contribution in [0.1, 0.15) is 38.2 Å². The highest BCUT2D eigenvalue weighted by atomic mass is 32.2. The second-order valence-corrected chi connectivity index (χ2v) is 10.2. The van der Waals surface area contributed by atoms with E-state index in [1.54, 1.807) is 11.8 Å². The molecular weight excluding hydrogens is 482 g/mol. The van der Waals surface area contributed by atoms with Crippen LogP contribution in [0.4, 0.5) is 0 Å². The van der Waals surface area contributed by atoms with E-state index in [1.165, 1.54) is 25.5 Å². The van der Waals surface area contributed by atoms with Gasteiger partial charge in [0.2, 0.25) is 5.91 Å². The van der Waals surface area contributed by atoms with Crippen molar-refractivity contribution >= 4 is 36.3 Å². The van der Waals surface area contributed by atoms with Gasteiger partial charge in [0.1, 0.15) is 17.9 Å². The number of ether oxygens (including phenoxy) is 2. The van der Waals surface area contributed by atoms with Gasteiger partial charge in [0.05, 0.1) is 13.2 Å². The lowest BCUT2D eigenvalue weighted by atomic mass is 10.1. The van der Waals surface area contributed by atoms with Crippen LogP contribution in [0.2, 0.25) is 0 Å². The summed E-state index contributed by atoms with van der Waals surface area (Å²) >= 11 is 5.84. The number of thioether (sulfide) groups is 1. The maximum absolute atomic E-state index is 13.3. The number of hydrogen-bond acceptors (Lipinski definition) is 8. The fourth-order valence-electron chi connectivity index (χ4n) is 4.06. The smallest absolute Gasteiger partial charge is 0.328 e. The molecule has 1 heterocycles. The van der Waals surface area contributed by atoms with E-state index in [-0.39, 0.29) is 18.1 Å². The number of unbranched alkanes of at least 4 members (excludes halogenated alkanes) is 1. The third-order valence-electron chi connectivity index (χ3n) is 6.06. The summed E-state index contributed by atoms with van der Waals surface area (Å²) in [4.78, 5) is 27.5. The molecule has 4 atom stereocenters. The highest BCUT2D eigenvalue weighted by molar-refractivity contribution is 7.98. The van der Waals surface area contributed by atoms with Crippen molar-refractivity contribution in [2.75, 3.05) is 38.0 Å². The van der Waals surface area contributed by atoms with Crippen molar-refractivity contribution < 1.29 is 19.1 Å². The standard InChI is InChI=1S/C26H41N3O4S2/c1-4-5-7-19-9-11-21(12-10-19)33-22-16-24(29(17-22)14-6-8-20(27)18-34)25(30)28-23(13-15-35-3)26(31)32-2/h6,8-12,20,22-24,34H,4-5,7,13-18,27H2,1-3H3,(H,28,30)/b8-6+/t20-,22+,23+,24+/m1/s1. The number of carbonyl (C=O) groups is 2. The normalized spacial score (nSPS) is 20.0. The molecule has 2 rings (SSSR count). The number of nitrogens with two attached hydrogens (primary N) is 1. The molecule has 1 saturated heterocycles. The molecule has 0 spiro atoms. The molecule has 3 N–H and O–H groups in total. The molecule has 0 unspecified atom stereocenters. The lowest BCUT2D eigenvalue weighted by molar-refractivity contribution is -0.145. The highest BCUT2D eigenvalue weighted by Gasteiger charge is 2.38. The predicted octanol–water partition coefficient (Wildman–Crippen LogP) is 3.08. The quantitative estimate of drug-likeness (QED) is 0.185. The minimum absolute atomic E-state index is 0.137. The third kappa shape index (κ3) is 10.1. The summed E-state index contributed by atoms with van der Waals surface area (Å²) in [5.74, 6) is 1.49. The Balaban J connectivity index is 2.08. The van der Waals surface area contributed by atoms with Crippen molar-refractivity contribution in [2.24, 2.45) is 5.73 Å². The number of nitrogens with zero attached hydrogens (tertiary/aromatic N) is 1. The molecular formula is C26H41N3O4S2. The lowest BCUT2D eigenvalue weighted by Gasteiger charge is -2.24. The van der Waals surface area contributed by atoms with Gasteiger partial charge in [-0.1, -0.05) is 37.6 Å². The van der Waals surface area contributed by atoms with Gasteiger partial charge in [0.15, 0.2) is 0 Å². The Morgan fingerprint density at radius 2 is 2.09 bits per heavy atom. The van der Waals surface area contributed by atoms with E-state index in [9.17, 15) is 9.59 Å². The SMILES string of the molecule is CCCCc1ccc(O[C@H]2C[C@@H](C(=O)N[C@@H](CCSC)C(=O)OC)N(C/C=C/[C@@H](N)CS)C2)cc1. The van der Waals surface area contributed by atoms with Crippen molar-refractivity contribution in [3.63, 3.8) is 0 Å². The number of hydrogen-bond donors (Lipinski definition) is 3. The summed E-state index contributed by atoms with van der Waals surface area (Å²) in [6.45, 7) is 3.35. The molecule has 0 saturated carbocycles. The van der Waals surface area contributed by atoms with Gasteiger partial charge in [-0.25, -0.2) is 4.79 Å². The van der Waals surface area contributed by atoms with Crippen LogP contribution in [-0.2, 0) is 20.7 Å². The van der Waals surface area contributed by atoms with Crippen LogP contribution in [0.15, 0.2) is 36.4 Å².